The number of rotatable bonds is 4. The normalized spacial score (nSPS) is 11.7. The highest BCUT2D eigenvalue weighted by Gasteiger charge is 2.30. The van der Waals surface area contributed by atoms with Crippen LogP contribution in [0.5, 0.6) is 0 Å². The maximum atomic E-state index is 12.7. The van der Waals surface area contributed by atoms with Gasteiger partial charge < -0.3 is 4.90 Å². The Morgan fingerprint density at radius 1 is 1.22 bits per heavy atom. The number of carbonyl (C=O) groups is 1. The lowest BCUT2D eigenvalue weighted by Gasteiger charge is -2.17. The van der Waals surface area contributed by atoms with E-state index in [0.717, 1.165) is 11.0 Å². The molecule has 0 aromatic carbocycles. The molecule has 10 heteroatoms. The number of aryl methyl sites for hydroxylation is 2. The van der Waals surface area contributed by atoms with E-state index in [-0.39, 0.29) is 4.90 Å². The van der Waals surface area contributed by atoms with Gasteiger partial charge in [-0.2, -0.15) is 9.78 Å². The minimum Gasteiger partial charge on any atom is -0.323 e. The van der Waals surface area contributed by atoms with Gasteiger partial charge in [-0.05, 0) is 27.7 Å². The molecule has 1 amide bonds. The van der Waals surface area contributed by atoms with Crippen LogP contribution in [-0.2, 0) is 16.9 Å². The fraction of sp³-hybridized carbons (Fsp3) is 0.538. The van der Waals surface area contributed by atoms with E-state index in [2.05, 4.69) is 15.2 Å². The first-order chi connectivity index (χ1) is 10.7. The molecule has 0 saturated heterocycles. The van der Waals surface area contributed by atoms with E-state index in [4.69, 9.17) is 0 Å². The van der Waals surface area contributed by atoms with Crippen molar-refractivity contribution in [1.29, 1.82) is 0 Å². The molecule has 0 atom stereocenters. The third-order valence-corrected chi connectivity index (χ3v) is 5.45. The van der Waals surface area contributed by atoms with Gasteiger partial charge in [0.2, 0.25) is 9.84 Å². The summed E-state index contributed by atoms with van der Waals surface area (Å²) in [7, 11) is -2.26. The van der Waals surface area contributed by atoms with Gasteiger partial charge in [0.1, 0.15) is 11.2 Å². The van der Waals surface area contributed by atoms with E-state index < -0.39 is 21.0 Å². The van der Waals surface area contributed by atoms with E-state index in [9.17, 15) is 13.2 Å². The van der Waals surface area contributed by atoms with E-state index in [1.165, 1.54) is 9.58 Å². The lowest BCUT2D eigenvalue weighted by Crippen LogP contribution is -2.34. The van der Waals surface area contributed by atoms with Crippen LogP contribution in [0.25, 0.3) is 0 Å². The molecule has 9 nitrogen and oxygen atoms in total. The third-order valence-electron chi connectivity index (χ3n) is 3.65. The fourth-order valence-corrected chi connectivity index (χ4v) is 3.85. The van der Waals surface area contributed by atoms with Crippen LogP contribution in [0, 0.1) is 13.8 Å². The van der Waals surface area contributed by atoms with E-state index in [0.29, 0.717) is 24.5 Å². The molecule has 0 aliphatic rings. The lowest BCUT2D eigenvalue weighted by atomic mass is 10.4. The lowest BCUT2D eigenvalue weighted by molar-refractivity contribution is 0.201. The molecule has 2 aromatic rings. The van der Waals surface area contributed by atoms with Crippen LogP contribution in [-0.4, -0.2) is 57.0 Å². The van der Waals surface area contributed by atoms with Crippen LogP contribution in [0.2, 0.25) is 0 Å². The Balaban J connectivity index is 2.45. The summed E-state index contributed by atoms with van der Waals surface area (Å²) in [5.41, 5.74) is 0.866. The predicted molar refractivity (Wildman–Crippen MR) is 81.9 cm³/mol. The second-order valence-electron chi connectivity index (χ2n) is 5.05. The summed E-state index contributed by atoms with van der Waals surface area (Å²) in [5, 5.41) is 7.55. The zero-order valence-corrected chi connectivity index (χ0v) is 14.6. The number of hydrogen-bond acceptors (Lipinski definition) is 6. The summed E-state index contributed by atoms with van der Waals surface area (Å²) >= 11 is 0. The SMILES string of the molecule is CCN(CC)C(=O)n1cnc(S(=O)(=O)c2c(C)nn(C)c2C)n1. The summed E-state index contributed by atoms with van der Waals surface area (Å²) in [4.78, 5) is 17.6. The zero-order valence-electron chi connectivity index (χ0n) is 13.8. The van der Waals surface area contributed by atoms with E-state index >= 15 is 0 Å². The number of sulfone groups is 1. The molecular weight excluding hydrogens is 320 g/mol. The molecule has 23 heavy (non-hydrogen) atoms. The third kappa shape index (κ3) is 2.85. The summed E-state index contributed by atoms with van der Waals surface area (Å²) in [6.45, 7) is 7.93. The average molecular weight is 340 g/mol. The number of carbonyl (C=O) groups excluding carboxylic acids is 1. The fourth-order valence-electron chi connectivity index (χ4n) is 2.34. The molecule has 0 radical (unpaired) electrons. The number of aromatic nitrogens is 5. The Bertz CT molecular complexity index is 832. The summed E-state index contributed by atoms with van der Waals surface area (Å²) in [6.07, 6.45) is 1.12. The topological polar surface area (TPSA) is 103 Å². The monoisotopic (exact) mass is 340 g/mol. The maximum absolute atomic E-state index is 12.7. The molecule has 0 aliphatic heterocycles. The first-order valence-electron chi connectivity index (χ1n) is 7.20. The molecule has 126 valence electrons. The van der Waals surface area contributed by atoms with Crippen molar-refractivity contribution in [2.75, 3.05) is 13.1 Å². The molecule has 0 N–H and O–H groups in total. The second kappa shape index (κ2) is 6.11. The molecular formula is C13H20N6O3S. The minimum absolute atomic E-state index is 0.0769. The van der Waals surface area contributed by atoms with Crippen molar-refractivity contribution in [1.82, 2.24) is 29.4 Å². The smallest absolute Gasteiger partial charge is 0.323 e. The highest BCUT2D eigenvalue weighted by atomic mass is 32.2. The van der Waals surface area contributed by atoms with Crippen molar-refractivity contribution in [3.8, 4) is 0 Å². The largest absolute Gasteiger partial charge is 0.346 e. The Hall–Kier alpha value is -2.23. The van der Waals surface area contributed by atoms with E-state index in [1.807, 2.05) is 13.8 Å². The molecule has 0 spiro atoms. The Kier molecular flexibility index (Phi) is 4.55. The van der Waals surface area contributed by atoms with E-state index in [1.54, 1.807) is 20.9 Å². The molecule has 0 saturated carbocycles. The minimum atomic E-state index is -3.93. The first-order valence-corrected chi connectivity index (χ1v) is 8.68. The van der Waals surface area contributed by atoms with Gasteiger partial charge in [-0.1, -0.05) is 0 Å². The number of amides is 1. The van der Waals surface area contributed by atoms with Crippen molar-refractivity contribution < 1.29 is 13.2 Å². The Morgan fingerprint density at radius 2 is 1.83 bits per heavy atom. The van der Waals surface area contributed by atoms with Crippen molar-refractivity contribution in [2.24, 2.45) is 7.05 Å². The van der Waals surface area contributed by atoms with Crippen LogP contribution >= 0.6 is 0 Å². The molecule has 0 unspecified atom stereocenters. The van der Waals surface area contributed by atoms with Gasteiger partial charge in [0.05, 0.1) is 11.4 Å². The molecule has 2 aromatic heterocycles. The number of hydrogen-bond donors (Lipinski definition) is 0. The maximum Gasteiger partial charge on any atom is 0.346 e. The Labute approximate surface area is 134 Å². The predicted octanol–water partition coefficient (Wildman–Crippen LogP) is 0.771. The molecule has 0 fully saturated rings. The molecule has 2 rings (SSSR count). The molecule has 2 heterocycles. The van der Waals surface area contributed by atoms with Crippen molar-refractivity contribution in [3.63, 3.8) is 0 Å². The van der Waals surface area contributed by atoms with Crippen molar-refractivity contribution >= 4 is 15.9 Å². The van der Waals surface area contributed by atoms with Crippen molar-refractivity contribution in [3.05, 3.63) is 17.7 Å². The van der Waals surface area contributed by atoms with Crippen LogP contribution < -0.4 is 0 Å². The van der Waals surface area contributed by atoms with Gasteiger partial charge in [0.25, 0.3) is 5.16 Å². The van der Waals surface area contributed by atoms with Crippen molar-refractivity contribution in [2.45, 2.75) is 37.7 Å². The van der Waals surface area contributed by atoms with Gasteiger partial charge >= 0.3 is 6.03 Å². The van der Waals surface area contributed by atoms with Gasteiger partial charge in [-0.15, -0.1) is 5.10 Å². The zero-order chi connectivity index (χ0) is 17.4. The quantitative estimate of drug-likeness (QED) is 0.814. The standard InChI is InChI=1S/C13H20N6O3S/c1-6-18(7-2)13(20)19-8-14-12(16-19)23(21,22)11-9(3)15-17(5)10(11)4/h8H,6-7H2,1-5H3. The van der Waals surface area contributed by atoms with Crippen LogP contribution in [0.4, 0.5) is 4.79 Å². The molecule has 0 aliphatic carbocycles. The van der Waals surface area contributed by atoms with Gasteiger partial charge in [-0.3, -0.25) is 4.68 Å². The highest BCUT2D eigenvalue weighted by Crippen LogP contribution is 2.24. The average Bonchev–Trinajstić information content (AvgIpc) is 3.06. The second-order valence-corrected chi connectivity index (χ2v) is 6.83. The van der Waals surface area contributed by atoms with Gasteiger partial charge in [-0.25, -0.2) is 18.2 Å². The highest BCUT2D eigenvalue weighted by molar-refractivity contribution is 7.91. The molecule has 0 bridgehead atoms. The van der Waals surface area contributed by atoms with Crippen LogP contribution in [0.1, 0.15) is 25.2 Å². The van der Waals surface area contributed by atoms with Gasteiger partial charge in [0, 0.05) is 20.1 Å². The van der Waals surface area contributed by atoms with Crippen LogP contribution in [0.3, 0.4) is 0 Å². The summed E-state index contributed by atoms with van der Waals surface area (Å²) < 4.78 is 27.9. The summed E-state index contributed by atoms with van der Waals surface area (Å²) in [5.74, 6) is 0. The number of nitrogens with zero attached hydrogens (tertiary/aromatic N) is 6. The van der Waals surface area contributed by atoms with Gasteiger partial charge in [0.15, 0.2) is 0 Å². The van der Waals surface area contributed by atoms with Crippen LogP contribution in [0.15, 0.2) is 16.4 Å². The first kappa shape index (κ1) is 17.1. The summed E-state index contributed by atoms with van der Waals surface area (Å²) in [6, 6.07) is -0.413. The Morgan fingerprint density at radius 3 is 2.30 bits per heavy atom.